The number of benzene rings is 1. The molecule has 0 spiro atoms. The molecule has 0 aromatic heterocycles. The van der Waals surface area contributed by atoms with Crippen LogP contribution in [0.25, 0.3) is 0 Å². The first kappa shape index (κ1) is 16.1. The monoisotopic (exact) mass is 310 g/mol. The van der Waals surface area contributed by atoms with Crippen LogP contribution in [-0.2, 0) is 4.79 Å². The Hall–Kier alpha value is -1.26. The first-order valence-electron chi connectivity index (χ1n) is 7.50. The predicted octanol–water partition coefficient (Wildman–Crippen LogP) is 2.66. The predicted molar refractivity (Wildman–Crippen MR) is 84.9 cm³/mol. The Kier molecular flexibility index (Phi) is 6.33. The zero-order chi connectivity index (χ0) is 15.1. The van der Waals surface area contributed by atoms with Gasteiger partial charge in [-0.25, -0.2) is 0 Å². The van der Waals surface area contributed by atoms with E-state index < -0.39 is 0 Å². The molecule has 5 heteroatoms. The average molecular weight is 311 g/mol. The van der Waals surface area contributed by atoms with E-state index in [-0.39, 0.29) is 5.91 Å². The van der Waals surface area contributed by atoms with Crippen LogP contribution in [0, 0.1) is 0 Å². The van der Waals surface area contributed by atoms with Gasteiger partial charge in [0.1, 0.15) is 12.4 Å². The lowest BCUT2D eigenvalue weighted by molar-refractivity contribution is -0.133. The second-order valence-electron chi connectivity index (χ2n) is 5.49. The van der Waals surface area contributed by atoms with E-state index in [2.05, 4.69) is 0 Å². The summed E-state index contributed by atoms with van der Waals surface area (Å²) in [4.78, 5) is 16.1. The van der Waals surface area contributed by atoms with Gasteiger partial charge in [0, 0.05) is 24.7 Å². The molecule has 1 fully saturated rings. The lowest BCUT2D eigenvalue weighted by atomic mass is 10.1. The van der Waals surface area contributed by atoms with Crippen LogP contribution in [0.2, 0.25) is 5.02 Å². The summed E-state index contributed by atoms with van der Waals surface area (Å²) in [6.07, 6.45) is 3.51. The highest BCUT2D eigenvalue weighted by molar-refractivity contribution is 6.30. The zero-order valence-corrected chi connectivity index (χ0v) is 13.3. The van der Waals surface area contributed by atoms with Crippen molar-refractivity contribution in [3.05, 3.63) is 29.3 Å². The van der Waals surface area contributed by atoms with E-state index in [9.17, 15) is 4.79 Å². The number of nitrogens with zero attached hydrogens (tertiary/aromatic N) is 2. The second kappa shape index (κ2) is 8.25. The van der Waals surface area contributed by atoms with Crippen LogP contribution in [0.3, 0.4) is 0 Å². The molecule has 4 nitrogen and oxygen atoms in total. The summed E-state index contributed by atoms with van der Waals surface area (Å²) in [5, 5.41) is 0.668. The summed E-state index contributed by atoms with van der Waals surface area (Å²) in [5.74, 6) is 0.984. The number of likely N-dealkylation sites (N-methyl/N-ethyl adjacent to an activating group) is 1. The molecule has 1 aromatic carbocycles. The van der Waals surface area contributed by atoms with Crippen LogP contribution in [0.15, 0.2) is 24.3 Å². The molecule has 0 bridgehead atoms. The van der Waals surface area contributed by atoms with Crippen molar-refractivity contribution in [2.75, 3.05) is 39.8 Å². The molecule has 1 amide bonds. The SMILES string of the molecule is CN(CCOc1cccc(Cl)c1)CC(=O)N1CCCCC1. The highest BCUT2D eigenvalue weighted by Crippen LogP contribution is 2.16. The maximum Gasteiger partial charge on any atom is 0.236 e. The minimum atomic E-state index is 0.222. The third-order valence-corrected chi connectivity index (χ3v) is 3.89. The van der Waals surface area contributed by atoms with Gasteiger partial charge in [0.05, 0.1) is 6.54 Å². The van der Waals surface area contributed by atoms with Crippen molar-refractivity contribution in [3.63, 3.8) is 0 Å². The molecule has 0 radical (unpaired) electrons. The molecule has 0 saturated carbocycles. The number of rotatable bonds is 6. The smallest absolute Gasteiger partial charge is 0.236 e. The minimum Gasteiger partial charge on any atom is -0.492 e. The summed E-state index contributed by atoms with van der Waals surface area (Å²) in [5.41, 5.74) is 0. The maximum atomic E-state index is 12.1. The van der Waals surface area contributed by atoms with E-state index in [1.165, 1.54) is 6.42 Å². The van der Waals surface area contributed by atoms with E-state index >= 15 is 0 Å². The van der Waals surface area contributed by atoms with E-state index in [4.69, 9.17) is 16.3 Å². The Bertz CT molecular complexity index is 461. The lowest BCUT2D eigenvalue weighted by Crippen LogP contribution is -2.42. The number of hydrogen-bond acceptors (Lipinski definition) is 3. The summed E-state index contributed by atoms with van der Waals surface area (Å²) in [6.45, 7) is 3.53. The van der Waals surface area contributed by atoms with Gasteiger partial charge in [-0.2, -0.15) is 0 Å². The zero-order valence-electron chi connectivity index (χ0n) is 12.6. The largest absolute Gasteiger partial charge is 0.492 e. The highest BCUT2D eigenvalue weighted by atomic mass is 35.5. The maximum absolute atomic E-state index is 12.1. The van der Waals surface area contributed by atoms with Crippen LogP contribution < -0.4 is 4.74 Å². The highest BCUT2D eigenvalue weighted by Gasteiger charge is 2.17. The van der Waals surface area contributed by atoms with Gasteiger partial charge in [0.25, 0.3) is 0 Å². The lowest BCUT2D eigenvalue weighted by Gasteiger charge is -2.28. The number of likely N-dealkylation sites (tertiary alicyclic amines) is 1. The van der Waals surface area contributed by atoms with Crippen LogP contribution in [-0.4, -0.2) is 55.5 Å². The Morgan fingerprint density at radius 2 is 2.10 bits per heavy atom. The molecule has 2 rings (SSSR count). The van der Waals surface area contributed by atoms with Crippen molar-refractivity contribution in [3.8, 4) is 5.75 Å². The third-order valence-electron chi connectivity index (χ3n) is 3.65. The van der Waals surface area contributed by atoms with Gasteiger partial charge in [-0.05, 0) is 44.5 Å². The van der Waals surface area contributed by atoms with E-state index in [0.29, 0.717) is 24.7 Å². The molecular formula is C16H23ClN2O2. The van der Waals surface area contributed by atoms with Gasteiger partial charge in [0.2, 0.25) is 5.91 Å². The molecule has 0 aliphatic carbocycles. The number of carbonyl (C=O) groups is 1. The molecular weight excluding hydrogens is 288 g/mol. The number of carbonyl (C=O) groups excluding carboxylic acids is 1. The average Bonchev–Trinajstić information content (AvgIpc) is 2.48. The summed E-state index contributed by atoms with van der Waals surface area (Å²) < 4.78 is 5.63. The molecule has 0 N–H and O–H groups in total. The molecule has 116 valence electrons. The number of piperidine rings is 1. The molecule has 21 heavy (non-hydrogen) atoms. The molecule has 0 unspecified atom stereocenters. The third kappa shape index (κ3) is 5.56. The van der Waals surface area contributed by atoms with Crippen molar-refractivity contribution in [1.29, 1.82) is 0 Å². The molecule has 0 atom stereocenters. The Morgan fingerprint density at radius 1 is 1.33 bits per heavy atom. The Morgan fingerprint density at radius 3 is 2.81 bits per heavy atom. The Labute approximate surface area is 131 Å². The van der Waals surface area contributed by atoms with Gasteiger partial charge in [0.15, 0.2) is 0 Å². The summed E-state index contributed by atoms with van der Waals surface area (Å²) in [6, 6.07) is 7.35. The fraction of sp³-hybridized carbons (Fsp3) is 0.562. The van der Waals surface area contributed by atoms with Crippen molar-refractivity contribution < 1.29 is 9.53 Å². The van der Waals surface area contributed by atoms with Crippen molar-refractivity contribution in [2.45, 2.75) is 19.3 Å². The normalized spacial score (nSPS) is 15.3. The van der Waals surface area contributed by atoms with Crippen molar-refractivity contribution >= 4 is 17.5 Å². The number of amides is 1. The fourth-order valence-corrected chi connectivity index (χ4v) is 2.61. The minimum absolute atomic E-state index is 0.222. The van der Waals surface area contributed by atoms with Gasteiger partial charge in [-0.1, -0.05) is 17.7 Å². The van der Waals surface area contributed by atoms with Crippen LogP contribution in [0.4, 0.5) is 0 Å². The molecule has 1 saturated heterocycles. The summed E-state index contributed by atoms with van der Waals surface area (Å²) in [7, 11) is 1.95. The first-order valence-corrected chi connectivity index (χ1v) is 7.87. The molecule has 1 heterocycles. The van der Waals surface area contributed by atoms with E-state index in [0.717, 1.165) is 31.7 Å². The number of ether oxygens (including phenoxy) is 1. The number of hydrogen-bond donors (Lipinski definition) is 0. The van der Waals surface area contributed by atoms with E-state index in [1.807, 2.05) is 35.0 Å². The fourth-order valence-electron chi connectivity index (χ4n) is 2.43. The van der Waals surface area contributed by atoms with Gasteiger partial charge >= 0.3 is 0 Å². The van der Waals surface area contributed by atoms with Crippen LogP contribution in [0.1, 0.15) is 19.3 Å². The first-order chi connectivity index (χ1) is 10.1. The van der Waals surface area contributed by atoms with Gasteiger partial charge in [-0.15, -0.1) is 0 Å². The topological polar surface area (TPSA) is 32.8 Å². The summed E-state index contributed by atoms with van der Waals surface area (Å²) >= 11 is 5.90. The van der Waals surface area contributed by atoms with Crippen LogP contribution >= 0.6 is 11.6 Å². The van der Waals surface area contributed by atoms with Crippen LogP contribution in [0.5, 0.6) is 5.75 Å². The van der Waals surface area contributed by atoms with Gasteiger partial charge < -0.3 is 9.64 Å². The van der Waals surface area contributed by atoms with E-state index in [1.54, 1.807) is 6.07 Å². The molecule has 1 aliphatic heterocycles. The van der Waals surface area contributed by atoms with Gasteiger partial charge in [-0.3, -0.25) is 9.69 Å². The quantitative estimate of drug-likeness (QED) is 0.810. The number of halogens is 1. The molecule has 1 aliphatic rings. The molecule has 1 aromatic rings. The standard InChI is InChI=1S/C16H23ClN2O2/c1-18(13-16(20)19-8-3-2-4-9-19)10-11-21-15-7-5-6-14(17)12-15/h5-7,12H,2-4,8-11,13H2,1H3. The van der Waals surface area contributed by atoms with Crippen molar-refractivity contribution in [2.24, 2.45) is 0 Å². The Balaban J connectivity index is 1.67. The van der Waals surface area contributed by atoms with Crippen molar-refractivity contribution in [1.82, 2.24) is 9.80 Å². The second-order valence-corrected chi connectivity index (χ2v) is 5.92.